The summed E-state index contributed by atoms with van der Waals surface area (Å²) in [6.07, 6.45) is 0. The third-order valence-corrected chi connectivity index (χ3v) is 3.14. The molecule has 2 rings (SSSR count). The third kappa shape index (κ3) is 2.38. The Bertz CT molecular complexity index is 582. The Hall–Kier alpha value is -1.25. The standard InChI is InChI=1S/C13H10Cl2FN/c1-7-4-12(16)10(6-13(7)17)9-5-8(14)2-3-11(9)15/h2-6H,17H2,1H3. The van der Waals surface area contributed by atoms with Crippen molar-refractivity contribution in [2.45, 2.75) is 6.92 Å². The molecule has 1 nitrogen and oxygen atoms in total. The van der Waals surface area contributed by atoms with Crippen molar-refractivity contribution < 1.29 is 4.39 Å². The lowest BCUT2D eigenvalue weighted by atomic mass is 10.0. The highest BCUT2D eigenvalue weighted by Crippen LogP contribution is 2.34. The van der Waals surface area contributed by atoms with Crippen LogP contribution in [0.1, 0.15) is 5.56 Å². The summed E-state index contributed by atoms with van der Waals surface area (Å²) >= 11 is 11.9. The SMILES string of the molecule is Cc1cc(F)c(-c2cc(Cl)ccc2Cl)cc1N. The van der Waals surface area contributed by atoms with E-state index in [1.54, 1.807) is 31.2 Å². The second kappa shape index (κ2) is 4.55. The van der Waals surface area contributed by atoms with E-state index in [1.165, 1.54) is 6.07 Å². The van der Waals surface area contributed by atoms with Gasteiger partial charge in [-0.25, -0.2) is 4.39 Å². The van der Waals surface area contributed by atoms with Crippen LogP contribution >= 0.6 is 23.2 Å². The lowest BCUT2D eigenvalue weighted by molar-refractivity contribution is 0.630. The Morgan fingerprint density at radius 3 is 2.47 bits per heavy atom. The molecule has 17 heavy (non-hydrogen) atoms. The van der Waals surface area contributed by atoms with Gasteiger partial charge in [-0.3, -0.25) is 0 Å². The molecular formula is C13H10Cl2FN. The van der Waals surface area contributed by atoms with Crippen LogP contribution in [-0.2, 0) is 0 Å². The predicted molar refractivity (Wildman–Crippen MR) is 71.0 cm³/mol. The van der Waals surface area contributed by atoms with Crippen LogP contribution in [0.4, 0.5) is 10.1 Å². The van der Waals surface area contributed by atoms with Crippen LogP contribution in [0.15, 0.2) is 30.3 Å². The van der Waals surface area contributed by atoms with Gasteiger partial charge in [0.1, 0.15) is 5.82 Å². The van der Waals surface area contributed by atoms with Crippen LogP contribution in [0, 0.1) is 12.7 Å². The van der Waals surface area contributed by atoms with E-state index < -0.39 is 0 Å². The Morgan fingerprint density at radius 2 is 1.76 bits per heavy atom. The molecule has 0 bridgehead atoms. The van der Waals surface area contributed by atoms with Gasteiger partial charge >= 0.3 is 0 Å². The van der Waals surface area contributed by atoms with E-state index in [2.05, 4.69) is 0 Å². The Kier molecular flexibility index (Phi) is 3.27. The van der Waals surface area contributed by atoms with Crippen molar-refractivity contribution in [3.63, 3.8) is 0 Å². The summed E-state index contributed by atoms with van der Waals surface area (Å²) in [5, 5.41) is 0.944. The number of halogens is 3. The highest BCUT2D eigenvalue weighted by atomic mass is 35.5. The first-order valence-corrected chi connectivity index (χ1v) is 5.75. The van der Waals surface area contributed by atoms with Crippen LogP contribution < -0.4 is 5.73 Å². The van der Waals surface area contributed by atoms with Gasteiger partial charge in [0.05, 0.1) is 0 Å². The van der Waals surface area contributed by atoms with Gasteiger partial charge in [-0.2, -0.15) is 0 Å². The fraction of sp³-hybridized carbons (Fsp3) is 0.0769. The molecule has 2 aromatic carbocycles. The Balaban J connectivity index is 2.68. The smallest absolute Gasteiger partial charge is 0.131 e. The summed E-state index contributed by atoms with van der Waals surface area (Å²) in [6, 6.07) is 7.87. The number of aryl methyl sites for hydroxylation is 1. The maximum absolute atomic E-state index is 13.9. The van der Waals surface area contributed by atoms with Gasteiger partial charge in [-0.05, 0) is 42.8 Å². The summed E-state index contributed by atoms with van der Waals surface area (Å²) < 4.78 is 13.9. The van der Waals surface area contributed by atoms with Gasteiger partial charge in [0, 0.05) is 26.9 Å². The third-order valence-electron chi connectivity index (χ3n) is 2.57. The molecule has 0 aliphatic rings. The number of nitrogens with two attached hydrogens (primary N) is 1. The van der Waals surface area contributed by atoms with E-state index in [0.717, 1.165) is 0 Å². The minimum Gasteiger partial charge on any atom is -0.398 e. The van der Waals surface area contributed by atoms with E-state index in [-0.39, 0.29) is 5.82 Å². The topological polar surface area (TPSA) is 26.0 Å². The Morgan fingerprint density at radius 1 is 1.06 bits per heavy atom. The van der Waals surface area contributed by atoms with Gasteiger partial charge in [0.2, 0.25) is 0 Å². The largest absolute Gasteiger partial charge is 0.398 e. The fourth-order valence-corrected chi connectivity index (χ4v) is 1.99. The number of hydrogen-bond acceptors (Lipinski definition) is 1. The quantitative estimate of drug-likeness (QED) is 0.747. The lowest BCUT2D eigenvalue weighted by Crippen LogP contribution is -1.94. The molecular weight excluding hydrogens is 260 g/mol. The molecule has 0 amide bonds. The molecule has 0 heterocycles. The molecule has 0 saturated heterocycles. The number of rotatable bonds is 1. The van der Waals surface area contributed by atoms with Crippen molar-refractivity contribution in [2.24, 2.45) is 0 Å². The van der Waals surface area contributed by atoms with Crippen LogP contribution in [0.25, 0.3) is 11.1 Å². The molecule has 0 radical (unpaired) electrons. The number of nitrogen functional groups attached to an aromatic ring is 1. The molecule has 88 valence electrons. The van der Waals surface area contributed by atoms with E-state index >= 15 is 0 Å². The number of hydrogen-bond donors (Lipinski definition) is 1. The van der Waals surface area contributed by atoms with E-state index in [9.17, 15) is 4.39 Å². The monoisotopic (exact) mass is 269 g/mol. The summed E-state index contributed by atoms with van der Waals surface area (Å²) in [5.41, 5.74) is 7.90. The molecule has 0 aromatic heterocycles. The molecule has 0 unspecified atom stereocenters. The first-order valence-electron chi connectivity index (χ1n) is 5.00. The maximum Gasteiger partial charge on any atom is 0.131 e. The molecule has 2 aromatic rings. The second-order valence-corrected chi connectivity index (χ2v) is 4.66. The van der Waals surface area contributed by atoms with Gasteiger partial charge < -0.3 is 5.73 Å². The van der Waals surface area contributed by atoms with Crippen LogP contribution in [0.2, 0.25) is 10.0 Å². The van der Waals surface area contributed by atoms with E-state index in [1.807, 2.05) is 0 Å². The van der Waals surface area contributed by atoms with Gasteiger partial charge in [0.25, 0.3) is 0 Å². The number of benzene rings is 2. The minimum absolute atomic E-state index is 0.360. The molecule has 0 atom stereocenters. The highest BCUT2D eigenvalue weighted by Gasteiger charge is 2.11. The van der Waals surface area contributed by atoms with Crippen molar-refractivity contribution in [3.8, 4) is 11.1 Å². The summed E-state index contributed by atoms with van der Waals surface area (Å²) in [7, 11) is 0. The molecule has 0 spiro atoms. The normalized spacial score (nSPS) is 10.6. The summed E-state index contributed by atoms with van der Waals surface area (Å²) in [4.78, 5) is 0. The first-order chi connectivity index (χ1) is 7.99. The molecule has 0 fully saturated rings. The summed E-state index contributed by atoms with van der Waals surface area (Å²) in [6.45, 7) is 1.75. The van der Waals surface area contributed by atoms with Gasteiger partial charge in [0.15, 0.2) is 0 Å². The van der Waals surface area contributed by atoms with Crippen molar-refractivity contribution in [2.75, 3.05) is 5.73 Å². The molecule has 2 N–H and O–H groups in total. The summed E-state index contributed by atoms with van der Waals surface area (Å²) in [5.74, 6) is -0.360. The van der Waals surface area contributed by atoms with Gasteiger partial charge in [-0.1, -0.05) is 23.2 Å². The Labute approximate surface area is 109 Å². The zero-order valence-corrected chi connectivity index (χ0v) is 10.6. The average Bonchev–Trinajstić information content (AvgIpc) is 2.27. The van der Waals surface area contributed by atoms with Crippen LogP contribution in [-0.4, -0.2) is 0 Å². The van der Waals surface area contributed by atoms with Crippen molar-refractivity contribution >= 4 is 28.9 Å². The molecule has 0 saturated carbocycles. The predicted octanol–water partition coefficient (Wildman–Crippen LogP) is 4.69. The van der Waals surface area contributed by atoms with Crippen LogP contribution in [0.5, 0.6) is 0 Å². The maximum atomic E-state index is 13.9. The van der Waals surface area contributed by atoms with Crippen molar-refractivity contribution in [3.05, 3.63) is 51.8 Å². The van der Waals surface area contributed by atoms with Crippen molar-refractivity contribution in [1.29, 1.82) is 0 Å². The second-order valence-electron chi connectivity index (χ2n) is 3.81. The van der Waals surface area contributed by atoms with Crippen molar-refractivity contribution in [1.82, 2.24) is 0 Å². The number of anilines is 1. The zero-order valence-electron chi connectivity index (χ0n) is 9.10. The molecule has 0 aliphatic heterocycles. The molecule has 4 heteroatoms. The lowest BCUT2D eigenvalue weighted by Gasteiger charge is -2.09. The zero-order chi connectivity index (χ0) is 12.6. The van der Waals surface area contributed by atoms with Gasteiger partial charge in [-0.15, -0.1) is 0 Å². The van der Waals surface area contributed by atoms with Crippen LogP contribution in [0.3, 0.4) is 0 Å². The molecule has 0 aliphatic carbocycles. The highest BCUT2D eigenvalue weighted by molar-refractivity contribution is 6.35. The minimum atomic E-state index is -0.360. The fourth-order valence-electron chi connectivity index (χ4n) is 1.60. The first kappa shape index (κ1) is 12.2. The average molecular weight is 270 g/mol. The van der Waals surface area contributed by atoms with E-state index in [0.29, 0.717) is 32.4 Å². The van der Waals surface area contributed by atoms with E-state index in [4.69, 9.17) is 28.9 Å².